The van der Waals surface area contributed by atoms with Gasteiger partial charge in [0.05, 0.1) is 5.02 Å². The van der Waals surface area contributed by atoms with Crippen molar-refractivity contribution in [1.82, 2.24) is 15.6 Å². The third-order valence-corrected chi connectivity index (χ3v) is 5.82. The van der Waals surface area contributed by atoms with Gasteiger partial charge in [-0.1, -0.05) is 35.3 Å². The maximum Gasteiger partial charge on any atom is 0.242 e. The van der Waals surface area contributed by atoms with Gasteiger partial charge in [0.1, 0.15) is 11.9 Å². The van der Waals surface area contributed by atoms with Gasteiger partial charge in [-0.15, -0.1) is 0 Å². The van der Waals surface area contributed by atoms with Crippen LogP contribution in [0.25, 0.3) is 22.5 Å². The van der Waals surface area contributed by atoms with E-state index in [-0.39, 0.29) is 18.2 Å². The molecule has 4 rings (SSSR count). The molecule has 0 saturated carbocycles. The first kappa shape index (κ1) is 21.4. The lowest BCUT2D eigenvalue weighted by molar-refractivity contribution is -0.127. The highest BCUT2D eigenvalue weighted by Gasteiger charge is 2.25. The van der Waals surface area contributed by atoms with Crippen molar-refractivity contribution in [1.29, 1.82) is 0 Å². The van der Waals surface area contributed by atoms with E-state index in [1.165, 1.54) is 12.1 Å². The monoisotopic (exact) mass is 459 g/mol. The van der Waals surface area contributed by atoms with Crippen LogP contribution in [0.3, 0.4) is 0 Å². The van der Waals surface area contributed by atoms with Gasteiger partial charge in [0.25, 0.3) is 0 Å². The summed E-state index contributed by atoms with van der Waals surface area (Å²) in [5, 5.41) is 6.39. The summed E-state index contributed by atoms with van der Waals surface area (Å²) in [6.45, 7) is 0.574. The van der Waals surface area contributed by atoms with E-state index in [2.05, 4.69) is 15.6 Å². The van der Waals surface area contributed by atoms with Crippen molar-refractivity contribution in [3.63, 3.8) is 0 Å². The second kappa shape index (κ2) is 9.12. The summed E-state index contributed by atoms with van der Waals surface area (Å²) in [6, 6.07) is 13.0. The molecular formula is C23H20Cl2FN3O2. The first-order chi connectivity index (χ1) is 14.9. The lowest BCUT2D eigenvalue weighted by Gasteiger charge is -2.10. The van der Waals surface area contributed by atoms with Crippen molar-refractivity contribution < 1.29 is 14.0 Å². The fourth-order valence-corrected chi connectivity index (χ4v) is 4.06. The van der Waals surface area contributed by atoms with E-state index in [9.17, 15) is 14.0 Å². The van der Waals surface area contributed by atoms with E-state index in [1.54, 1.807) is 18.2 Å². The number of H-pyrrole nitrogens is 1. The Balaban J connectivity index is 1.60. The van der Waals surface area contributed by atoms with E-state index in [1.807, 2.05) is 18.2 Å². The molecule has 0 radical (unpaired) electrons. The molecule has 2 amide bonds. The number of carbonyl (C=O) groups is 2. The molecule has 2 heterocycles. The zero-order chi connectivity index (χ0) is 22.0. The van der Waals surface area contributed by atoms with Gasteiger partial charge >= 0.3 is 0 Å². The number of hydrogen-bond donors (Lipinski definition) is 3. The molecule has 1 aliphatic heterocycles. The third-order valence-electron chi connectivity index (χ3n) is 5.26. The third kappa shape index (κ3) is 4.92. The summed E-state index contributed by atoms with van der Waals surface area (Å²) in [5.41, 5.74) is 4.03. The highest BCUT2D eigenvalue weighted by atomic mass is 35.5. The zero-order valence-electron chi connectivity index (χ0n) is 16.5. The van der Waals surface area contributed by atoms with E-state index in [0.29, 0.717) is 35.0 Å². The SMILES string of the molecule is O=C(CCc1cc(-c2ccc(F)cc2Cl)[nH]c1-c1ccc(Cl)cc1)NC1CCNC1=O. The van der Waals surface area contributed by atoms with E-state index in [4.69, 9.17) is 23.2 Å². The van der Waals surface area contributed by atoms with Gasteiger partial charge in [-0.05, 0) is 60.4 Å². The van der Waals surface area contributed by atoms with Crippen LogP contribution in [-0.2, 0) is 16.0 Å². The molecule has 1 aliphatic rings. The van der Waals surface area contributed by atoms with Crippen LogP contribution >= 0.6 is 23.2 Å². The van der Waals surface area contributed by atoms with Gasteiger partial charge in [-0.3, -0.25) is 9.59 Å². The standard InChI is InChI=1S/C23H20Cl2FN3O2/c24-15-4-1-13(2-5-15)22-14(3-8-21(30)28-19-9-10-27-23(19)31)11-20(29-22)17-7-6-16(26)12-18(17)25/h1-2,4-7,11-12,19,29H,3,8-10H2,(H,27,31)(H,28,30). The van der Waals surface area contributed by atoms with Crippen LogP contribution in [0.1, 0.15) is 18.4 Å². The molecule has 160 valence electrons. The van der Waals surface area contributed by atoms with Crippen molar-refractivity contribution in [3.8, 4) is 22.5 Å². The maximum absolute atomic E-state index is 13.5. The Labute approximate surface area is 188 Å². The van der Waals surface area contributed by atoms with Gasteiger partial charge in [0.15, 0.2) is 0 Å². The Morgan fingerprint density at radius 2 is 1.90 bits per heavy atom. The number of nitrogens with one attached hydrogen (secondary N) is 3. The summed E-state index contributed by atoms with van der Waals surface area (Å²) >= 11 is 12.3. The minimum atomic E-state index is -0.469. The van der Waals surface area contributed by atoms with E-state index < -0.39 is 11.9 Å². The average molecular weight is 460 g/mol. The number of aromatic nitrogens is 1. The Hall–Kier alpha value is -2.83. The van der Waals surface area contributed by atoms with Crippen molar-refractivity contribution in [2.75, 3.05) is 6.54 Å². The van der Waals surface area contributed by atoms with Gasteiger partial charge < -0.3 is 15.6 Å². The topological polar surface area (TPSA) is 74.0 Å². The van der Waals surface area contributed by atoms with Crippen LogP contribution in [0, 0.1) is 5.82 Å². The summed E-state index contributed by atoms with van der Waals surface area (Å²) < 4.78 is 13.5. The van der Waals surface area contributed by atoms with Gasteiger partial charge in [0.2, 0.25) is 11.8 Å². The van der Waals surface area contributed by atoms with Crippen LogP contribution in [0.15, 0.2) is 48.5 Å². The lowest BCUT2D eigenvalue weighted by Crippen LogP contribution is -2.40. The van der Waals surface area contributed by atoms with Gasteiger partial charge in [-0.2, -0.15) is 0 Å². The number of amides is 2. The Bertz CT molecular complexity index is 1130. The van der Waals surface area contributed by atoms with Gasteiger partial charge in [-0.25, -0.2) is 4.39 Å². The smallest absolute Gasteiger partial charge is 0.242 e. The number of hydrogen-bond acceptors (Lipinski definition) is 2. The maximum atomic E-state index is 13.5. The first-order valence-electron chi connectivity index (χ1n) is 9.91. The Morgan fingerprint density at radius 3 is 2.58 bits per heavy atom. The van der Waals surface area contributed by atoms with Crippen molar-refractivity contribution >= 4 is 35.0 Å². The number of halogens is 3. The quantitative estimate of drug-likeness (QED) is 0.498. The van der Waals surface area contributed by atoms with Crippen molar-refractivity contribution in [2.24, 2.45) is 0 Å². The van der Waals surface area contributed by atoms with Crippen LogP contribution in [0.2, 0.25) is 10.0 Å². The molecule has 0 aliphatic carbocycles. The predicted molar refractivity (Wildman–Crippen MR) is 120 cm³/mol. The Morgan fingerprint density at radius 1 is 1.13 bits per heavy atom. The van der Waals surface area contributed by atoms with Crippen LogP contribution in [-0.4, -0.2) is 29.4 Å². The predicted octanol–water partition coefficient (Wildman–Crippen LogP) is 4.73. The number of aromatic amines is 1. The number of benzene rings is 2. The second-order valence-corrected chi connectivity index (χ2v) is 8.26. The highest BCUT2D eigenvalue weighted by Crippen LogP contribution is 2.34. The molecule has 3 N–H and O–H groups in total. The summed E-state index contributed by atoms with van der Waals surface area (Å²) in [6.07, 6.45) is 1.27. The molecule has 5 nitrogen and oxygen atoms in total. The molecule has 1 aromatic heterocycles. The molecule has 1 saturated heterocycles. The molecule has 0 bridgehead atoms. The molecular weight excluding hydrogens is 440 g/mol. The van der Waals surface area contributed by atoms with Crippen LogP contribution in [0.4, 0.5) is 4.39 Å². The lowest BCUT2D eigenvalue weighted by atomic mass is 10.0. The number of aryl methyl sites for hydroxylation is 1. The second-order valence-electron chi connectivity index (χ2n) is 7.41. The molecule has 8 heteroatoms. The van der Waals surface area contributed by atoms with Crippen LogP contribution in [0.5, 0.6) is 0 Å². The largest absolute Gasteiger partial charge is 0.354 e. The number of rotatable bonds is 6. The van der Waals surface area contributed by atoms with Gasteiger partial charge in [0, 0.05) is 34.9 Å². The molecule has 1 fully saturated rings. The summed E-state index contributed by atoms with van der Waals surface area (Å²) in [7, 11) is 0. The van der Waals surface area contributed by atoms with E-state index in [0.717, 1.165) is 22.5 Å². The normalized spacial score (nSPS) is 15.7. The van der Waals surface area contributed by atoms with Crippen LogP contribution < -0.4 is 10.6 Å². The zero-order valence-corrected chi connectivity index (χ0v) is 18.0. The molecule has 31 heavy (non-hydrogen) atoms. The fourth-order valence-electron chi connectivity index (χ4n) is 3.67. The number of carbonyl (C=O) groups excluding carboxylic acids is 2. The minimum Gasteiger partial charge on any atom is -0.354 e. The molecule has 0 spiro atoms. The summed E-state index contributed by atoms with van der Waals surface area (Å²) in [5.74, 6) is -0.747. The summed E-state index contributed by atoms with van der Waals surface area (Å²) in [4.78, 5) is 27.4. The molecule has 1 unspecified atom stereocenters. The van der Waals surface area contributed by atoms with Crippen molar-refractivity contribution in [3.05, 3.63) is 70.0 Å². The first-order valence-corrected chi connectivity index (χ1v) is 10.7. The highest BCUT2D eigenvalue weighted by molar-refractivity contribution is 6.33. The Kier molecular flexibility index (Phi) is 6.30. The van der Waals surface area contributed by atoms with E-state index >= 15 is 0 Å². The fraction of sp³-hybridized carbons (Fsp3) is 0.217. The molecule has 3 aromatic rings. The average Bonchev–Trinajstić information content (AvgIpc) is 3.33. The molecule has 2 aromatic carbocycles. The van der Waals surface area contributed by atoms with Crippen molar-refractivity contribution in [2.45, 2.75) is 25.3 Å². The molecule has 1 atom stereocenters. The minimum absolute atomic E-state index is 0.148.